The van der Waals surface area contributed by atoms with Gasteiger partial charge in [-0.25, -0.2) is 0 Å². The molecule has 3 rings (SSSR count). The molecule has 0 amide bonds. The van der Waals surface area contributed by atoms with Crippen LogP contribution in [-0.2, 0) is 4.79 Å². The fourth-order valence-corrected chi connectivity index (χ4v) is 2.45. The van der Waals surface area contributed by atoms with Crippen LogP contribution in [0, 0.1) is 17.8 Å². The van der Waals surface area contributed by atoms with Gasteiger partial charge in [-0.2, -0.15) is 0 Å². The van der Waals surface area contributed by atoms with Gasteiger partial charge in [0.15, 0.2) is 5.82 Å². The molecule has 5 nitrogen and oxygen atoms in total. The molecule has 2 aliphatic rings. The molecule has 2 atom stereocenters. The maximum absolute atomic E-state index is 10.7. The maximum Gasteiger partial charge on any atom is 0.307 e. The topological polar surface area (TPSA) is 66.6 Å². The summed E-state index contributed by atoms with van der Waals surface area (Å²) in [5, 5.41) is 12.6. The summed E-state index contributed by atoms with van der Waals surface area (Å²) in [5.74, 6) is 0.702. The third-order valence-corrected chi connectivity index (χ3v) is 3.23. The van der Waals surface area contributed by atoms with Crippen LogP contribution in [0.1, 0.15) is 0 Å². The second-order valence-electron chi connectivity index (χ2n) is 3.95. The van der Waals surface area contributed by atoms with Gasteiger partial charge in [0, 0.05) is 19.2 Å². The number of rotatable bonds is 2. The summed E-state index contributed by atoms with van der Waals surface area (Å²) >= 11 is 0. The van der Waals surface area contributed by atoms with Gasteiger partial charge in [-0.1, -0.05) is 5.16 Å². The molecular weight excluding hydrogens is 184 g/mol. The van der Waals surface area contributed by atoms with Crippen LogP contribution in [0.15, 0.2) is 16.9 Å². The first-order valence-corrected chi connectivity index (χ1v) is 4.65. The molecule has 2 fully saturated rings. The molecule has 74 valence electrons. The molecule has 2 heterocycles. The zero-order chi connectivity index (χ0) is 9.71. The Labute approximate surface area is 80.3 Å². The van der Waals surface area contributed by atoms with Crippen molar-refractivity contribution in [3.05, 3.63) is 12.3 Å². The molecule has 1 saturated heterocycles. The molecule has 1 aromatic rings. The number of hydrogen-bond donors (Lipinski definition) is 1. The van der Waals surface area contributed by atoms with E-state index in [2.05, 4.69) is 10.1 Å². The third-order valence-electron chi connectivity index (χ3n) is 3.23. The summed E-state index contributed by atoms with van der Waals surface area (Å²) in [5.41, 5.74) is 0. The molecule has 0 bridgehead atoms. The lowest BCUT2D eigenvalue weighted by molar-refractivity contribution is -0.139. The second kappa shape index (κ2) is 2.50. The van der Waals surface area contributed by atoms with Crippen LogP contribution < -0.4 is 4.90 Å². The fourth-order valence-electron chi connectivity index (χ4n) is 2.45. The molecular formula is C9H10N2O3. The molecule has 0 radical (unpaired) electrons. The third kappa shape index (κ3) is 0.950. The van der Waals surface area contributed by atoms with Crippen molar-refractivity contribution >= 4 is 11.8 Å². The van der Waals surface area contributed by atoms with Crippen LogP contribution in [0.3, 0.4) is 0 Å². The van der Waals surface area contributed by atoms with E-state index in [-0.39, 0.29) is 5.92 Å². The van der Waals surface area contributed by atoms with Crippen LogP contribution >= 0.6 is 0 Å². The highest BCUT2D eigenvalue weighted by Crippen LogP contribution is 2.52. The number of fused-ring (bicyclic) bond motifs is 1. The van der Waals surface area contributed by atoms with Gasteiger partial charge in [0.05, 0.1) is 5.92 Å². The minimum atomic E-state index is -0.653. The molecule has 5 heteroatoms. The molecule has 2 unspecified atom stereocenters. The van der Waals surface area contributed by atoms with Crippen molar-refractivity contribution in [2.24, 2.45) is 17.8 Å². The van der Waals surface area contributed by atoms with Gasteiger partial charge in [-0.15, -0.1) is 0 Å². The molecule has 1 aromatic heterocycles. The number of piperidine rings is 1. The van der Waals surface area contributed by atoms with E-state index in [1.165, 1.54) is 6.26 Å². The minimum absolute atomic E-state index is 0.113. The zero-order valence-electron chi connectivity index (χ0n) is 7.46. The Balaban J connectivity index is 1.69. The number of carboxylic acids is 1. The Morgan fingerprint density at radius 2 is 2.29 bits per heavy atom. The predicted octanol–water partition coefficient (Wildman–Crippen LogP) is 0.441. The van der Waals surface area contributed by atoms with Gasteiger partial charge in [-0.05, 0) is 11.8 Å². The van der Waals surface area contributed by atoms with E-state index in [0.29, 0.717) is 11.8 Å². The highest BCUT2D eigenvalue weighted by atomic mass is 16.5. The van der Waals surface area contributed by atoms with E-state index in [1.807, 2.05) is 0 Å². The summed E-state index contributed by atoms with van der Waals surface area (Å²) in [7, 11) is 0. The van der Waals surface area contributed by atoms with E-state index in [1.54, 1.807) is 6.07 Å². The lowest BCUT2D eigenvalue weighted by Gasteiger charge is -2.16. The number of carboxylic acid groups (broad SMARTS) is 1. The predicted molar refractivity (Wildman–Crippen MR) is 46.8 cm³/mol. The van der Waals surface area contributed by atoms with Gasteiger partial charge in [0.25, 0.3) is 0 Å². The van der Waals surface area contributed by atoms with Crippen molar-refractivity contribution in [1.82, 2.24) is 5.16 Å². The standard InChI is InChI=1S/C9H10N2O3/c12-9(13)8-5-3-11(4-6(5)8)7-1-2-14-10-7/h1-2,5-6,8H,3-4H2,(H,12,13). The summed E-state index contributed by atoms with van der Waals surface area (Å²) in [6.07, 6.45) is 1.54. The van der Waals surface area contributed by atoms with Gasteiger partial charge in [0.1, 0.15) is 6.26 Å². The molecule has 0 spiro atoms. The number of aliphatic carboxylic acids is 1. The van der Waals surface area contributed by atoms with E-state index >= 15 is 0 Å². The average molecular weight is 194 g/mol. The summed E-state index contributed by atoms with van der Waals surface area (Å²) in [4.78, 5) is 12.8. The molecule has 1 aliphatic carbocycles. The quantitative estimate of drug-likeness (QED) is 0.740. The Kier molecular flexibility index (Phi) is 1.40. The molecule has 0 aromatic carbocycles. The van der Waals surface area contributed by atoms with Gasteiger partial charge in [0.2, 0.25) is 0 Å². The first kappa shape index (κ1) is 7.84. The first-order valence-electron chi connectivity index (χ1n) is 4.65. The normalized spacial score (nSPS) is 34.3. The van der Waals surface area contributed by atoms with Crippen molar-refractivity contribution in [2.75, 3.05) is 18.0 Å². The van der Waals surface area contributed by atoms with E-state index < -0.39 is 5.97 Å². The van der Waals surface area contributed by atoms with Crippen molar-refractivity contribution in [1.29, 1.82) is 0 Å². The summed E-state index contributed by atoms with van der Waals surface area (Å²) in [6, 6.07) is 1.81. The number of hydrogen-bond acceptors (Lipinski definition) is 4. The Bertz CT molecular complexity index is 350. The van der Waals surface area contributed by atoms with Crippen molar-refractivity contribution in [3.63, 3.8) is 0 Å². The first-order chi connectivity index (χ1) is 6.77. The monoisotopic (exact) mass is 194 g/mol. The summed E-state index contributed by atoms with van der Waals surface area (Å²) in [6.45, 7) is 1.60. The number of anilines is 1. The SMILES string of the molecule is O=C(O)C1C2CN(c3ccon3)CC21. The minimum Gasteiger partial charge on any atom is -0.481 e. The largest absolute Gasteiger partial charge is 0.481 e. The highest BCUT2D eigenvalue weighted by Gasteiger charge is 2.60. The van der Waals surface area contributed by atoms with Crippen LogP contribution in [0.4, 0.5) is 5.82 Å². The number of nitrogens with zero attached hydrogens (tertiary/aromatic N) is 2. The van der Waals surface area contributed by atoms with E-state index in [9.17, 15) is 4.79 Å². The zero-order valence-corrected chi connectivity index (χ0v) is 7.46. The molecule has 14 heavy (non-hydrogen) atoms. The van der Waals surface area contributed by atoms with Crippen LogP contribution in [0.5, 0.6) is 0 Å². The Morgan fingerprint density at radius 3 is 2.79 bits per heavy atom. The lowest BCUT2D eigenvalue weighted by Crippen LogP contribution is -2.26. The van der Waals surface area contributed by atoms with Crippen molar-refractivity contribution in [2.45, 2.75) is 0 Å². The van der Waals surface area contributed by atoms with E-state index in [4.69, 9.17) is 9.63 Å². The number of aromatic nitrogens is 1. The highest BCUT2D eigenvalue weighted by molar-refractivity contribution is 5.75. The second-order valence-corrected chi connectivity index (χ2v) is 3.95. The van der Waals surface area contributed by atoms with Gasteiger partial charge >= 0.3 is 5.97 Å². The van der Waals surface area contributed by atoms with E-state index in [0.717, 1.165) is 18.9 Å². The maximum atomic E-state index is 10.7. The molecule has 1 saturated carbocycles. The van der Waals surface area contributed by atoms with Crippen LogP contribution in [0.25, 0.3) is 0 Å². The molecule has 1 N–H and O–H groups in total. The van der Waals surface area contributed by atoms with Gasteiger partial charge in [-0.3, -0.25) is 4.79 Å². The van der Waals surface area contributed by atoms with Crippen molar-refractivity contribution < 1.29 is 14.4 Å². The number of carbonyl (C=O) groups is 1. The van der Waals surface area contributed by atoms with Crippen LogP contribution in [0.2, 0.25) is 0 Å². The average Bonchev–Trinajstić information content (AvgIpc) is 2.62. The fraction of sp³-hybridized carbons (Fsp3) is 0.556. The lowest BCUT2D eigenvalue weighted by atomic mass is 10.2. The van der Waals surface area contributed by atoms with Crippen molar-refractivity contribution in [3.8, 4) is 0 Å². The van der Waals surface area contributed by atoms with Gasteiger partial charge < -0.3 is 14.5 Å². The molecule has 1 aliphatic heterocycles. The Hall–Kier alpha value is -1.52. The van der Waals surface area contributed by atoms with Crippen LogP contribution in [-0.4, -0.2) is 29.3 Å². The summed E-state index contributed by atoms with van der Waals surface area (Å²) < 4.78 is 4.74. The smallest absolute Gasteiger partial charge is 0.307 e. The Morgan fingerprint density at radius 1 is 1.57 bits per heavy atom.